The number of hydrogen-bond donors (Lipinski definition) is 4. The molecule has 0 saturated heterocycles. The van der Waals surface area contributed by atoms with E-state index in [4.69, 9.17) is 33.0 Å². The van der Waals surface area contributed by atoms with Gasteiger partial charge in [0, 0.05) is 29.8 Å². The Balaban J connectivity index is 1.61. The van der Waals surface area contributed by atoms with Crippen molar-refractivity contribution in [2.24, 2.45) is 0 Å². The van der Waals surface area contributed by atoms with Crippen LogP contribution in [0.15, 0.2) is 73.1 Å². The van der Waals surface area contributed by atoms with Crippen LogP contribution in [0.5, 0.6) is 17.4 Å². The van der Waals surface area contributed by atoms with Gasteiger partial charge in [-0.3, -0.25) is 9.48 Å². The molecule has 4 rings (SSSR count). The lowest BCUT2D eigenvalue weighted by Gasteiger charge is -2.19. The molecule has 0 fully saturated rings. The third-order valence-electron chi connectivity index (χ3n) is 5.38. The van der Waals surface area contributed by atoms with Gasteiger partial charge in [0.25, 0.3) is 0 Å². The molecule has 4 aromatic rings. The number of para-hydroxylation sites is 1. The van der Waals surface area contributed by atoms with Gasteiger partial charge in [-0.05, 0) is 23.8 Å². The summed E-state index contributed by atoms with van der Waals surface area (Å²) in [5, 5.41) is 37.2. The van der Waals surface area contributed by atoms with Crippen LogP contribution in [0.3, 0.4) is 0 Å². The number of aliphatic hydroxyl groups excluding tert-OH is 2. The zero-order chi connectivity index (χ0) is 25.7. The SMILES string of the molecule is O=C(Nc1ccn(C[C@@H](O)CO)n1)[C@H](Cc1ccccc1Cl)n1cc(Oc2ccccc2Cl)cc1O. The molecule has 1 amide bonds. The number of anilines is 1. The fourth-order valence-electron chi connectivity index (χ4n) is 3.61. The number of halogens is 2. The maximum absolute atomic E-state index is 13.4. The van der Waals surface area contributed by atoms with Gasteiger partial charge in [0.2, 0.25) is 5.91 Å². The third-order valence-corrected chi connectivity index (χ3v) is 6.06. The van der Waals surface area contributed by atoms with Crippen LogP contribution in [-0.4, -0.2) is 48.3 Å². The van der Waals surface area contributed by atoms with Gasteiger partial charge in [-0.25, -0.2) is 0 Å². The van der Waals surface area contributed by atoms with Gasteiger partial charge < -0.3 is 29.9 Å². The van der Waals surface area contributed by atoms with E-state index in [1.165, 1.54) is 21.5 Å². The first-order chi connectivity index (χ1) is 17.3. The lowest BCUT2D eigenvalue weighted by Crippen LogP contribution is -2.28. The number of aromatic nitrogens is 3. The number of amides is 1. The molecule has 11 heteroatoms. The normalized spacial score (nSPS) is 12.8. The van der Waals surface area contributed by atoms with Crippen molar-refractivity contribution in [3.05, 3.63) is 88.7 Å². The molecule has 0 aliphatic carbocycles. The van der Waals surface area contributed by atoms with Crippen LogP contribution < -0.4 is 10.1 Å². The average molecular weight is 531 g/mol. The lowest BCUT2D eigenvalue weighted by atomic mass is 10.0. The molecular formula is C25H24Cl2N4O5. The Bertz CT molecular complexity index is 1340. The number of rotatable bonds is 10. The van der Waals surface area contributed by atoms with Crippen LogP contribution in [0.1, 0.15) is 11.6 Å². The number of ether oxygens (including phenoxy) is 1. The number of carbonyl (C=O) groups excluding carboxylic acids is 1. The maximum Gasteiger partial charge on any atom is 0.249 e. The number of carbonyl (C=O) groups is 1. The smallest absolute Gasteiger partial charge is 0.249 e. The van der Waals surface area contributed by atoms with Crippen molar-refractivity contribution >= 4 is 34.9 Å². The zero-order valence-corrected chi connectivity index (χ0v) is 20.5. The van der Waals surface area contributed by atoms with Crippen molar-refractivity contribution in [3.63, 3.8) is 0 Å². The Morgan fingerprint density at radius 1 is 1.08 bits per heavy atom. The predicted octanol–water partition coefficient (Wildman–Crippen LogP) is 4.27. The summed E-state index contributed by atoms with van der Waals surface area (Å²) in [4.78, 5) is 13.4. The highest BCUT2D eigenvalue weighted by atomic mass is 35.5. The number of nitrogens with zero attached hydrogens (tertiary/aromatic N) is 3. The second-order valence-corrected chi connectivity index (χ2v) is 8.85. The number of hydrogen-bond acceptors (Lipinski definition) is 6. The molecule has 9 nitrogen and oxygen atoms in total. The molecule has 4 N–H and O–H groups in total. The average Bonchev–Trinajstić information content (AvgIpc) is 3.45. The minimum absolute atomic E-state index is 0.0660. The molecule has 188 valence electrons. The van der Waals surface area contributed by atoms with Crippen LogP contribution in [0.4, 0.5) is 5.82 Å². The third kappa shape index (κ3) is 6.19. The van der Waals surface area contributed by atoms with Gasteiger partial charge in [0.05, 0.1) is 30.5 Å². The largest absolute Gasteiger partial charge is 0.494 e. The maximum atomic E-state index is 13.4. The zero-order valence-electron chi connectivity index (χ0n) is 19.0. The van der Waals surface area contributed by atoms with Gasteiger partial charge in [-0.2, -0.15) is 5.10 Å². The standard InChI is InChI=1S/C25H24Cl2N4O5/c26-19-6-2-1-5-16(19)11-21(25(35)28-23-9-10-30(29-23)13-17(33)15-32)31-14-18(12-24(31)34)36-22-8-4-3-7-20(22)27/h1-10,12,14,17,21,32-34H,11,13,15H2,(H,28,29,35)/t17-,21+/m1/s1. The van der Waals surface area contributed by atoms with Gasteiger partial charge in [0.1, 0.15) is 17.5 Å². The second-order valence-electron chi connectivity index (χ2n) is 8.03. The van der Waals surface area contributed by atoms with E-state index < -0.39 is 24.7 Å². The van der Waals surface area contributed by atoms with Crippen LogP contribution in [0.25, 0.3) is 0 Å². The highest BCUT2D eigenvalue weighted by molar-refractivity contribution is 6.32. The number of benzene rings is 2. The Morgan fingerprint density at radius 3 is 2.53 bits per heavy atom. The van der Waals surface area contributed by atoms with Crippen LogP contribution in [0, 0.1) is 0 Å². The molecule has 0 spiro atoms. The van der Waals surface area contributed by atoms with Crippen molar-refractivity contribution in [2.45, 2.75) is 25.1 Å². The van der Waals surface area contributed by atoms with Crippen molar-refractivity contribution in [1.82, 2.24) is 14.3 Å². The summed E-state index contributed by atoms with van der Waals surface area (Å²) >= 11 is 12.5. The first-order valence-electron chi connectivity index (χ1n) is 11.0. The monoisotopic (exact) mass is 530 g/mol. The summed E-state index contributed by atoms with van der Waals surface area (Å²) in [6, 6.07) is 16.1. The van der Waals surface area contributed by atoms with Crippen molar-refractivity contribution in [2.75, 3.05) is 11.9 Å². The summed E-state index contributed by atoms with van der Waals surface area (Å²) in [7, 11) is 0. The van der Waals surface area contributed by atoms with E-state index in [1.807, 2.05) is 6.07 Å². The van der Waals surface area contributed by atoms with E-state index in [1.54, 1.807) is 54.7 Å². The Labute approximate surface area is 217 Å². The highest BCUT2D eigenvalue weighted by Gasteiger charge is 2.26. The van der Waals surface area contributed by atoms with E-state index >= 15 is 0 Å². The number of aliphatic hydroxyl groups is 2. The van der Waals surface area contributed by atoms with Gasteiger partial charge >= 0.3 is 0 Å². The Kier molecular flexibility index (Phi) is 8.17. The molecule has 0 radical (unpaired) electrons. The molecule has 0 aliphatic rings. The summed E-state index contributed by atoms with van der Waals surface area (Å²) in [6.07, 6.45) is 2.27. The van der Waals surface area contributed by atoms with Crippen molar-refractivity contribution in [3.8, 4) is 17.4 Å². The van der Waals surface area contributed by atoms with E-state index in [9.17, 15) is 15.0 Å². The molecule has 2 aromatic heterocycles. The van der Waals surface area contributed by atoms with Gasteiger partial charge in [0.15, 0.2) is 11.7 Å². The number of nitrogens with one attached hydrogen (secondary N) is 1. The molecule has 2 atom stereocenters. The quantitative estimate of drug-likeness (QED) is 0.243. The molecule has 0 saturated carbocycles. The van der Waals surface area contributed by atoms with Crippen LogP contribution in [-0.2, 0) is 17.8 Å². The minimum atomic E-state index is -0.977. The first kappa shape index (κ1) is 25.6. The molecule has 2 aromatic carbocycles. The number of aromatic hydroxyl groups is 1. The van der Waals surface area contributed by atoms with E-state index in [0.29, 0.717) is 27.1 Å². The summed E-state index contributed by atoms with van der Waals surface area (Å²) in [6.45, 7) is -0.344. The molecule has 0 bridgehead atoms. The van der Waals surface area contributed by atoms with Gasteiger partial charge in [-0.1, -0.05) is 53.5 Å². The Morgan fingerprint density at radius 2 is 1.81 bits per heavy atom. The minimum Gasteiger partial charge on any atom is -0.494 e. The topological polar surface area (TPSA) is 122 Å². The fraction of sp³-hybridized carbons (Fsp3) is 0.200. The molecule has 0 aliphatic heterocycles. The van der Waals surface area contributed by atoms with E-state index in [2.05, 4.69) is 10.4 Å². The summed E-state index contributed by atoms with van der Waals surface area (Å²) < 4.78 is 8.60. The lowest BCUT2D eigenvalue weighted by molar-refractivity contribution is -0.119. The molecule has 2 heterocycles. The van der Waals surface area contributed by atoms with E-state index in [-0.39, 0.29) is 24.7 Å². The van der Waals surface area contributed by atoms with E-state index in [0.717, 1.165) is 0 Å². The fourth-order valence-corrected chi connectivity index (χ4v) is 3.99. The molecular weight excluding hydrogens is 507 g/mol. The first-order valence-corrected chi connectivity index (χ1v) is 11.8. The van der Waals surface area contributed by atoms with Crippen LogP contribution in [0.2, 0.25) is 10.0 Å². The van der Waals surface area contributed by atoms with Crippen LogP contribution >= 0.6 is 23.2 Å². The summed E-state index contributed by atoms with van der Waals surface area (Å²) in [5.41, 5.74) is 0.706. The second kappa shape index (κ2) is 11.5. The molecule has 36 heavy (non-hydrogen) atoms. The molecule has 0 unspecified atom stereocenters. The van der Waals surface area contributed by atoms with Crippen molar-refractivity contribution < 1.29 is 24.9 Å². The Hall–Kier alpha value is -3.50. The summed E-state index contributed by atoms with van der Waals surface area (Å²) in [5.74, 6) is 0.284. The van der Waals surface area contributed by atoms with Crippen molar-refractivity contribution in [1.29, 1.82) is 0 Å². The highest BCUT2D eigenvalue weighted by Crippen LogP contribution is 2.34. The van der Waals surface area contributed by atoms with Gasteiger partial charge in [-0.15, -0.1) is 0 Å². The predicted molar refractivity (Wildman–Crippen MR) is 136 cm³/mol.